The number of carbonyl (C=O) groups excluding carboxylic acids is 3. The van der Waals surface area contributed by atoms with Crippen molar-refractivity contribution >= 4 is 18.1 Å². The van der Waals surface area contributed by atoms with Crippen LogP contribution in [0.1, 0.15) is 20.3 Å². The molecule has 0 aliphatic rings. The van der Waals surface area contributed by atoms with E-state index in [2.05, 4.69) is 9.98 Å². The summed E-state index contributed by atoms with van der Waals surface area (Å²) in [6.45, 7) is 3.85. The van der Waals surface area contributed by atoms with E-state index < -0.39 is 12.0 Å². The SMILES string of the molecule is CC(C)CC(N=C=O)C(=O)OCCN=C=O. The van der Waals surface area contributed by atoms with Gasteiger partial charge >= 0.3 is 5.97 Å². The molecule has 1 unspecified atom stereocenters. The van der Waals surface area contributed by atoms with Crippen LogP contribution in [0.25, 0.3) is 0 Å². The van der Waals surface area contributed by atoms with Gasteiger partial charge in [-0.1, -0.05) is 13.8 Å². The molecular formula is C10H14N2O4. The molecule has 0 aliphatic carbocycles. The lowest BCUT2D eigenvalue weighted by atomic mass is 10.0. The van der Waals surface area contributed by atoms with Crippen LogP contribution in [0.2, 0.25) is 0 Å². The van der Waals surface area contributed by atoms with E-state index in [0.29, 0.717) is 6.42 Å². The summed E-state index contributed by atoms with van der Waals surface area (Å²) in [4.78, 5) is 37.8. The molecule has 0 aromatic carbocycles. The molecule has 0 radical (unpaired) electrons. The summed E-state index contributed by atoms with van der Waals surface area (Å²) < 4.78 is 4.78. The second-order valence-electron chi connectivity index (χ2n) is 3.51. The first-order chi connectivity index (χ1) is 7.61. The van der Waals surface area contributed by atoms with Crippen LogP contribution in [-0.4, -0.2) is 37.3 Å². The lowest BCUT2D eigenvalue weighted by Gasteiger charge is -2.11. The Morgan fingerprint density at radius 2 is 2.00 bits per heavy atom. The monoisotopic (exact) mass is 226 g/mol. The third-order valence-corrected chi connectivity index (χ3v) is 1.69. The molecule has 0 spiro atoms. The topological polar surface area (TPSA) is 85.2 Å². The highest BCUT2D eigenvalue weighted by atomic mass is 16.5. The molecular weight excluding hydrogens is 212 g/mol. The number of esters is 1. The van der Waals surface area contributed by atoms with Crippen LogP contribution < -0.4 is 0 Å². The molecule has 0 aromatic rings. The maximum Gasteiger partial charge on any atom is 0.331 e. The normalized spacial score (nSPS) is 11.2. The summed E-state index contributed by atoms with van der Waals surface area (Å²) in [7, 11) is 0. The van der Waals surface area contributed by atoms with Crippen LogP contribution in [0, 0.1) is 5.92 Å². The van der Waals surface area contributed by atoms with Gasteiger partial charge < -0.3 is 4.74 Å². The summed E-state index contributed by atoms with van der Waals surface area (Å²) >= 11 is 0. The van der Waals surface area contributed by atoms with Gasteiger partial charge in [0.25, 0.3) is 0 Å². The second kappa shape index (κ2) is 8.53. The molecule has 0 rings (SSSR count). The maximum atomic E-state index is 11.4. The van der Waals surface area contributed by atoms with Crippen LogP contribution in [0.4, 0.5) is 0 Å². The summed E-state index contributed by atoms with van der Waals surface area (Å²) in [6.07, 6.45) is 3.09. The molecule has 0 bridgehead atoms. The highest BCUT2D eigenvalue weighted by Gasteiger charge is 2.20. The minimum Gasteiger partial charge on any atom is -0.462 e. The van der Waals surface area contributed by atoms with Gasteiger partial charge in [-0.3, -0.25) is 0 Å². The molecule has 88 valence electrons. The molecule has 16 heavy (non-hydrogen) atoms. The summed E-state index contributed by atoms with van der Waals surface area (Å²) in [5.41, 5.74) is 0. The molecule has 0 aliphatic heterocycles. The number of isocyanates is 2. The number of hydrogen-bond donors (Lipinski definition) is 0. The summed E-state index contributed by atoms with van der Waals surface area (Å²) in [6, 6.07) is -0.822. The standard InChI is InChI=1S/C10H14N2O4/c1-8(2)5-9(12-7-14)10(15)16-4-3-11-6-13/h8-9H,3-5H2,1-2H3. The van der Waals surface area contributed by atoms with Crippen molar-refractivity contribution in [2.75, 3.05) is 13.2 Å². The van der Waals surface area contributed by atoms with E-state index in [1.165, 1.54) is 12.2 Å². The third kappa shape index (κ3) is 6.65. The Hall–Kier alpha value is -1.77. The van der Waals surface area contributed by atoms with E-state index in [-0.39, 0.29) is 19.1 Å². The predicted octanol–water partition coefficient (Wildman–Crippen LogP) is 0.616. The first-order valence-corrected chi connectivity index (χ1v) is 4.89. The Morgan fingerprint density at radius 3 is 2.50 bits per heavy atom. The molecule has 0 N–H and O–H groups in total. The van der Waals surface area contributed by atoms with Gasteiger partial charge in [-0.2, -0.15) is 4.99 Å². The van der Waals surface area contributed by atoms with Crippen molar-refractivity contribution < 1.29 is 19.1 Å². The quantitative estimate of drug-likeness (QED) is 0.275. The molecule has 6 heteroatoms. The molecule has 0 saturated carbocycles. The third-order valence-electron chi connectivity index (χ3n) is 1.69. The van der Waals surface area contributed by atoms with Crippen LogP contribution in [0.15, 0.2) is 9.98 Å². The zero-order valence-corrected chi connectivity index (χ0v) is 9.30. The largest absolute Gasteiger partial charge is 0.462 e. The fraction of sp³-hybridized carbons (Fsp3) is 0.700. The Balaban J connectivity index is 4.16. The van der Waals surface area contributed by atoms with Crippen molar-refractivity contribution in [2.24, 2.45) is 15.9 Å². The lowest BCUT2D eigenvalue weighted by molar-refractivity contribution is -0.145. The number of rotatable bonds is 7. The number of nitrogens with zero attached hydrogens (tertiary/aromatic N) is 2. The van der Waals surface area contributed by atoms with E-state index in [4.69, 9.17) is 4.74 Å². The molecule has 0 heterocycles. The van der Waals surface area contributed by atoms with Crippen molar-refractivity contribution in [1.29, 1.82) is 0 Å². The average molecular weight is 226 g/mol. The van der Waals surface area contributed by atoms with Crippen LogP contribution in [0.5, 0.6) is 0 Å². The highest BCUT2D eigenvalue weighted by Crippen LogP contribution is 2.09. The number of hydrogen-bond acceptors (Lipinski definition) is 6. The smallest absolute Gasteiger partial charge is 0.331 e. The van der Waals surface area contributed by atoms with E-state index in [1.54, 1.807) is 0 Å². The minimum atomic E-state index is -0.822. The molecule has 0 fully saturated rings. The summed E-state index contributed by atoms with van der Waals surface area (Å²) in [5, 5.41) is 0. The number of carbonyl (C=O) groups is 1. The average Bonchev–Trinajstić information content (AvgIpc) is 2.23. The Morgan fingerprint density at radius 1 is 1.31 bits per heavy atom. The lowest BCUT2D eigenvalue weighted by Crippen LogP contribution is -2.24. The van der Waals surface area contributed by atoms with Crippen molar-refractivity contribution in [3.63, 3.8) is 0 Å². The second-order valence-corrected chi connectivity index (χ2v) is 3.51. The van der Waals surface area contributed by atoms with Gasteiger partial charge in [-0.05, 0) is 12.3 Å². The van der Waals surface area contributed by atoms with Gasteiger partial charge in [0, 0.05) is 0 Å². The van der Waals surface area contributed by atoms with Gasteiger partial charge in [0.15, 0.2) is 6.04 Å². The number of ether oxygens (including phenoxy) is 1. The number of aliphatic imine (C=N–C) groups is 2. The van der Waals surface area contributed by atoms with Gasteiger partial charge in [-0.25, -0.2) is 19.4 Å². The fourth-order valence-electron chi connectivity index (χ4n) is 1.05. The molecule has 1 atom stereocenters. The van der Waals surface area contributed by atoms with Gasteiger partial charge in [0.2, 0.25) is 12.2 Å². The van der Waals surface area contributed by atoms with E-state index in [0.717, 1.165) is 0 Å². The molecule has 0 aromatic heterocycles. The van der Waals surface area contributed by atoms with Crippen LogP contribution >= 0.6 is 0 Å². The van der Waals surface area contributed by atoms with E-state index in [9.17, 15) is 14.4 Å². The van der Waals surface area contributed by atoms with Crippen LogP contribution in [-0.2, 0) is 19.1 Å². The van der Waals surface area contributed by atoms with Crippen molar-refractivity contribution in [3.8, 4) is 0 Å². The first-order valence-electron chi connectivity index (χ1n) is 4.89. The van der Waals surface area contributed by atoms with Gasteiger partial charge in [0.05, 0.1) is 6.54 Å². The first kappa shape index (κ1) is 14.2. The van der Waals surface area contributed by atoms with Crippen molar-refractivity contribution in [2.45, 2.75) is 26.3 Å². The van der Waals surface area contributed by atoms with Gasteiger partial charge in [0.1, 0.15) is 6.61 Å². The maximum absolute atomic E-state index is 11.4. The Labute approximate surface area is 93.4 Å². The summed E-state index contributed by atoms with van der Waals surface area (Å²) in [5.74, 6) is -0.388. The zero-order chi connectivity index (χ0) is 12.4. The van der Waals surface area contributed by atoms with Crippen molar-refractivity contribution in [1.82, 2.24) is 0 Å². The predicted molar refractivity (Wildman–Crippen MR) is 55.3 cm³/mol. The molecule has 0 saturated heterocycles. The van der Waals surface area contributed by atoms with Gasteiger partial charge in [-0.15, -0.1) is 0 Å². The minimum absolute atomic E-state index is 0.0168. The fourth-order valence-corrected chi connectivity index (χ4v) is 1.05. The molecule has 0 amide bonds. The Kier molecular flexibility index (Phi) is 7.59. The van der Waals surface area contributed by atoms with Crippen LogP contribution in [0.3, 0.4) is 0 Å². The molecule has 6 nitrogen and oxygen atoms in total. The highest BCUT2D eigenvalue weighted by molar-refractivity contribution is 5.76. The zero-order valence-electron chi connectivity index (χ0n) is 9.30. The Bertz CT molecular complexity index is 315. The van der Waals surface area contributed by atoms with E-state index in [1.807, 2.05) is 13.8 Å². The van der Waals surface area contributed by atoms with Crippen molar-refractivity contribution in [3.05, 3.63) is 0 Å². The van der Waals surface area contributed by atoms with E-state index >= 15 is 0 Å².